The van der Waals surface area contributed by atoms with E-state index in [0.29, 0.717) is 0 Å². The first-order valence-corrected chi connectivity index (χ1v) is 8.12. The number of carbonyl (C=O) groups excluding carboxylic acids is 1. The van der Waals surface area contributed by atoms with E-state index in [-0.39, 0.29) is 18.5 Å². The lowest BCUT2D eigenvalue weighted by molar-refractivity contribution is -0.122. The molecule has 0 aliphatic heterocycles. The number of nitrogens with one attached hydrogen (secondary N) is 2. The van der Waals surface area contributed by atoms with Crippen LogP contribution in [0.1, 0.15) is 18.5 Å². The van der Waals surface area contributed by atoms with Crippen LogP contribution in [0, 0.1) is 0 Å². The van der Waals surface area contributed by atoms with Crippen LogP contribution in [0.15, 0.2) is 70.6 Å². The van der Waals surface area contributed by atoms with E-state index in [1.807, 2.05) is 43.3 Å². The Morgan fingerprint density at radius 3 is 2.58 bits per heavy atom. The molecule has 3 rings (SSSR count). The molecule has 1 atom stereocenters. The Hall–Kier alpha value is -3.48. The normalized spacial score (nSPS) is 11.7. The summed E-state index contributed by atoms with van der Waals surface area (Å²) in [6.07, 6.45) is 4.82. The van der Waals surface area contributed by atoms with Crippen molar-refractivity contribution in [2.24, 2.45) is 0 Å². The molecule has 1 amide bonds. The maximum Gasteiger partial charge on any atom is 0.328 e. The van der Waals surface area contributed by atoms with Crippen LogP contribution in [0.4, 0.5) is 0 Å². The molecule has 3 aromatic rings. The Labute approximate surface area is 149 Å². The van der Waals surface area contributed by atoms with E-state index in [2.05, 4.69) is 15.3 Å². The molecule has 7 nitrogen and oxygen atoms in total. The molecule has 0 bridgehead atoms. The molecule has 0 fully saturated rings. The smallest absolute Gasteiger partial charge is 0.328 e. The fourth-order valence-corrected chi connectivity index (χ4v) is 2.59. The SMILES string of the molecule is CC(NC(=O)Cn1ccc(=O)[nH]c1=O)c1ccc(-c2cccnc2)cc1. The Kier molecular flexibility index (Phi) is 5.07. The highest BCUT2D eigenvalue weighted by Gasteiger charge is 2.11. The first kappa shape index (κ1) is 17.3. The number of benzene rings is 1. The lowest BCUT2D eigenvalue weighted by atomic mass is 10.0. The summed E-state index contributed by atoms with van der Waals surface area (Å²) in [6.45, 7) is 1.71. The van der Waals surface area contributed by atoms with Crippen molar-refractivity contribution >= 4 is 5.91 Å². The molecule has 0 aliphatic rings. The summed E-state index contributed by atoms with van der Waals surface area (Å²) in [7, 11) is 0. The second-order valence-electron chi connectivity index (χ2n) is 5.89. The van der Waals surface area contributed by atoms with Gasteiger partial charge in [0, 0.05) is 24.7 Å². The first-order chi connectivity index (χ1) is 12.5. The number of H-pyrrole nitrogens is 1. The minimum atomic E-state index is -0.610. The van der Waals surface area contributed by atoms with Gasteiger partial charge in [-0.15, -0.1) is 0 Å². The minimum Gasteiger partial charge on any atom is -0.348 e. The molecule has 132 valence electrons. The number of hydrogen-bond donors (Lipinski definition) is 2. The molecule has 0 saturated carbocycles. The molecule has 0 aliphatic carbocycles. The van der Waals surface area contributed by atoms with Crippen LogP contribution in [0.3, 0.4) is 0 Å². The van der Waals surface area contributed by atoms with Crippen molar-refractivity contribution in [2.45, 2.75) is 19.5 Å². The zero-order valence-electron chi connectivity index (χ0n) is 14.2. The van der Waals surface area contributed by atoms with Gasteiger partial charge in [0.15, 0.2) is 0 Å². The van der Waals surface area contributed by atoms with Crippen molar-refractivity contribution in [3.8, 4) is 11.1 Å². The fraction of sp³-hybridized carbons (Fsp3) is 0.158. The Bertz CT molecular complexity index is 1010. The van der Waals surface area contributed by atoms with Crippen LogP contribution in [0.2, 0.25) is 0 Å². The molecule has 26 heavy (non-hydrogen) atoms. The summed E-state index contributed by atoms with van der Waals surface area (Å²) in [4.78, 5) is 41.0. The molecule has 1 aromatic carbocycles. The third kappa shape index (κ3) is 4.13. The summed E-state index contributed by atoms with van der Waals surface area (Å²) >= 11 is 0. The first-order valence-electron chi connectivity index (χ1n) is 8.12. The van der Waals surface area contributed by atoms with Crippen LogP contribution in [-0.2, 0) is 11.3 Å². The molecular weight excluding hydrogens is 332 g/mol. The number of nitrogens with zero attached hydrogens (tertiary/aromatic N) is 2. The van der Waals surface area contributed by atoms with Gasteiger partial charge in [0.25, 0.3) is 5.56 Å². The van der Waals surface area contributed by atoms with Gasteiger partial charge in [-0.3, -0.25) is 24.1 Å². The van der Waals surface area contributed by atoms with Crippen LogP contribution in [-0.4, -0.2) is 20.4 Å². The van der Waals surface area contributed by atoms with Crippen LogP contribution < -0.4 is 16.6 Å². The quantitative estimate of drug-likeness (QED) is 0.728. The predicted octanol–water partition coefficient (Wildman–Crippen LogP) is 1.48. The van der Waals surface area contributed by atoms with Gasteiger partial charge in [-0.2, -0.15) is 0 Å². The predicted molar refractivity (Wildman–Crippen MR) is 97.6 cm³/mol. The van der Waals surface area contributed by atoms with Gasteiger partial charge in [0.1, 0.15) is 6.54 Å². The lowest BCUT2D eigenvalue weighted by Crippen LogP contribution is -2.36. The minimum absolute atomic E-state index is 0.159. The van der Waals surface area contributed by atoms with Gasteiger partial charge in [0.05, 0.1) is 6.04 Å². The number of rotatable bonds is 5. The Balaban J connectivity index is 1.65. The van der Waals surface area contributed by atoms with Crippen LogP contribution in [0.5, 0.6) is 0 Å². The monoisotopic (exact) mass is 350 g/mol. The van der Waals surface area contributed by atoms with Gasteiger partial charge >= 0.3 is 5.69 Å². The molecule has 2 aromatic heterocycles. The summed E-state index contributed by atoms with van der Waals surface area (Å²) in [5.41, 5.74) is 1.91. The fourth-order valence-electron chi connectivity index (χ4n) is 2.59. The maximum atomic E-state index is 12.2. The van der Waals surface area contributed by atoms with Gasteiger partial charge in [-0.25, -0.2) is 4.79 Å². The summed E-state index contributed by atoms with van der Waals surface area (Å²) in [5.74, 6) is -0.317. The largest absolute Gasteiger partial charge is 0.348 e. The van der Waals surface area contributed by atoms with Crippen molar-refractivity contribution in [1.82, 2.24) is 19.9 Å². The molecular formula is C19H18N4O3. The number of aromatic nitrogens is 3. The average molecular weight is 350 g/mol. The zero-order valence-corrected chi connectivity index (χ0v) is 14.2. The maximum absolute atomic E-state index is 12.2. The molecule has 2 N–H and O–H groups in total. The number of hydrogen-bond acceptors (Lipinski definition) is 4. The van der Waals surface area contributed by atoms with Crippen molar-refractivity contribution in [3.05, 3.63) is 87.5 Å². The third-order valence-electron chi connectivity index (χ3n) is 3.99. The lowest BCUT2D eigenvalue weighted by Gasteiger charge is -2.15. The van der Waals surface area contributed by atoms with E-state index in [0.717, 1.165) is 21.3 Å². The molecule has 0 saturated heterocycles. The topological polar surface area (TPSA) is 96.9 Å². The van der Waals surface area contributed by atoms with E-state index in [1.54, 1.807) is 12.4 Å². The van der Waals surface area contributed by atoms with E-state index in [1.165, 1.54) is 12.3 Å². The standard InChI is InChI=1S/C19H18N4O3/c1-13(21-18(25)12-23-10-8-17(24)22-19(23)26)14-4-6-15(7-5-14)16-3-2-9-20-11-16/h2-11,13H,12H2,1H3,(H,21,25)(H,22,24,26). The summed E-state index contributed by atoms with van der Waals surface area (Å²) in [6, 6.07) is 12.7. The van der Waals surface area contributed by atoms with E-state index in [9.17, 15) is 14.4 Å². The number of amides is 1. The van der Waals surface area contributed by atoms with Crippen molar-refractivity contribution in [2.75, 3.05) is 0 Å². The molecule has 1 unspecified atom stereocenters. The van der Waals surface area contributed by atoms with Crippen molar-refractivity contribution in [3.63, 3.8) is 0 Å². The highest BCUT2D eigenvalue weighted by atomic mass is 16.2. The van der Waals surface area contributed by atoms with E-state index >= 15 is 0 Å². The van der Waals surface area contributed by atoms with Crippen LogP contribution in [0.25, 0.3) is 11.1 Å². The van der Waals surface area contributed by atoms with E-state index < -0.39 is 11.2 Å². The highest BCUT2D eigenvalue weighted by Crippen LogP contribution is 2.21. The Morgan fingerprint density at radius 2 is 1.92 bits per heavy atom. The van der Waals surface area contributed by atoms with Crippen molar-refractivity contribution in [1.29, 1.82) is 0 Å². The number of aromatic amines is 1. The number of carbonyl (C=O) groups is 1. The van der Waals surface area contributed by atoms with Gasteiger partial charge < -0.3 is 5.32 Å². The van der Waals surface area contributed by atoms with Gasteiger partial charge in [0.2, 0.25) is 5.91 Å². The second-order valence-corrected chi connectivity index (χ2v) is 5.89. The van der Waals surface area contributed by atoms with Crippen LogP contribution >= 0.6 is 0 Å². The molecule has 7 heteroatoms. The average Bonchev–Trinajstić information content (AvgIpc) is 2.65. The second kappa shape index (κ2) is 7.60. The molecule has 0 spiro atoms. The third-order valence-corrected chi connectivity index (χ3v) is 3.99. The van der Waals surface area contributed by atoms with Gasteiger partial charge in [-0.1, -0.05) is 30.3 Å². The summed E-state index contributed by atoms with van der Waals surface area (Å²) in [5, 5.41) is 2.84. The van der Waals surface area contributed by atoms with Crippen molar-refractivity contribution < 1.29 is 4.79 Å². The Morgan fingerprint density at radius 1 is 1.15 bits per heavy atom. The highest BCUT2D eigenvalue weighted by molar-refractivity contribution is 5.76. The summed E-state index contributed by atoms with van der Waals surface area (Å²) < 4.78 is 1.15. The zero-order chi connectivity index (χ0) is 18.5. The number of pyridine rings is 1. The van der Waals surface area contributed by atoms with E-state index in [4.69, 9.17) is 0 Å². The molecule has 0 radical (unpaired) electrons. The molecule has 2 heterocycles. The van der Waals surface area contributed by atoms with Gasteiger partial charge in [-0.05, 0) is 29.7 Å².